The topological polar surface area (TPSA) is 125 Å². The van der Waals surface area contributed by atoms with Crippen molar-refractivity contribution in [1.29, 1.82) is 0 Å². The molecule has 0 spiro atoms. The van der Waals surface area contributed by atoms with Gasteiger partial charge in [-0.2, -0.15) is 9.97 Å². The summed E-state index contributed by atoms with van der Waals surface area (Å²) in [5.41, 5.74) is 0.00871. The Hall–Kier alpha value is -3.23. The molecule has 0 aliphatic rings. The van der Waals surface area contributed by atoms with E-state index in [9.17, 15) is 20.0 Å². The highest BCUT2D eigenvalue weighted by Crippen LogP contribution is 2.23. The summed E-state index contributed by atoms with van der Waals surface area (Å²) in [6, 6.07) is 6.05. The molecule has 1 N–H and O–H groups in total. The van der Waals surface area contributed by atoms with Crippen molar-refractivity contribution < 1.29 is 24.3 Å². The molecule has 1 unspecified atom stereocenters. The van der Waals surface area contributed by atoms with E-state index in [1.807, 2.05) is 0 Å². The van der Waals surface area contributed by atoms with Crippen LogP contribution in [0.25, 0.3) is 0 Å². The van der Waals surface area contributed by atoms with E-state index in [4.69, 9.17) is 9.47 Å². The zero-order valence-corrected chi connectivity index (χ0v) is 11.4. The zero-order chi connectivity index (χ0) is 16.1. The van der Waals surface area contributed by atoms with Gasteiger partial charge in [0.25, 0.3) is 0 Å². The second kappa shape index (κ2) is 6.48. The molecule has 0 aliphatic heterocycles. The SMILES string of the molecule is COc1cccc(C(Oc2ncc([N+](=O)[O-])cn2)C(=O)O)c1. The first-order valence-electron chi connectivity index (χ1n) is 6.01. The van der Waals surface area contributed by atoms with E-state index < -0.39 is 17.0 Å². The maximum atomic E-state index is 11.3. The van der Waals surface area contributed by atoms with Gasteiger partial charge in [-0.25, -0.2) is 4.79 Å². The summed E-state index contributed by atoms with van der Waals surface area (Å²) in [5, 5.41) is 19.8. The molecule has 1 aromatic carbocycles. The van der Waals surface area contributed by atoms with E-state index in [1.165, 1.54) is 13.2 Å². The van der Waals surface area contributed by atoms with Crippen molar-refractivity contribution in [2.75, 3.05) is 7.11 Å². The van der Waals surface area contributed by atoms with E-state index in [2.05, 4.69) is 9.97 Å². The molecule has 1 atom stereocenters. The minimum absolute atomic E-state index is 0.277. The number of ether oxygens (including phenoxy) is 2. The monoisotopic (exact) mass is 305 g/mol. The maximum Gasteiger partial charge on any atom is 0.349 e. The lowest BCUT2D eigenvalue weighted by atomic mass is 10.1. The summed E-state index contributed by atoms with van der Waals surface area (Å²) in [5.74, 6) is -0.785. The molecule has 9 nitrogen and oxygen atoms in total. The predicted molar refractivity (Wildman–Crippen MR) is 72.7 cm³/mol. The van der Waals surface area contributed by atoms with Gasteiger partial charge in [-0.3, -0.25) is 10.1 Å². The molecule has 114 valence electrons. The van der Waals surface area contributed by atoms with Crippen LogP contribution in [0.15, 0.2) is 36.7 Å². The van der Waals surface area contributed by atoms with Gasteiger partial charge in [-0.1, -0.05) is 12.1 Å². The van der Waals surface area contributed by atoms with Crippen molar-refractivity contribution in [2.24, 2.45) is 0 Å². The summed E-state index contributed by atoms with van der Waals surface area (Å²) in [4.78, 5) is 28.4. The number of aliphatic carboxylic acids is 1. The van der Waals surface area contributed by atoms with Crippen LogP contribution in [-0.4, -0.2) is 33.1 Å². The molecule has 2 aromatic rings. The highest BCUT2D eigenvalue weighted by Gasteiger charge is 2.24. The normalized spacial score (nSPS) is 11.5. The van der Waals surface area contributed by atoms with Crippen molar-refractivity contribution >= 4 is 11.7 Å². The Morgan fingerprint density at radius 2 is 2.05 bits per heavy atom. The number of methoxy groups -OCH3 is 1. The Morgan fingerprint density at radius 3 is 2.59 bits per heavy atom. The van der Waals surface area contributed by atoms with Crippen LogP contribution >= 0.6 is 0 Å². The molecule has 0 saturated heterocycles. The van der Waals surface area contributed by atoms with Crippen molar-refractivity contribution in [3.05, 3.63) is 52.3 Å². The Labute approximate surface area is 124 Å². The largest absolute Gasteiger partial charge is 0.497 e. The summed E-state index contributed by atoms with van der Waals surface area (Å²) < 4.78 is 10.2. The Balaban J connectivity index is 2.25. The number of carbonyl (C=O) groups is 1. The fraction of sp³-hybridized carbons (Fsp3) is 0.154. The fourth-order valence-electron chi connectivity index (χ4n) is 1.64. The lowest BCUT2D eigenvalue weighted by molar-refractivity contribution is -0.385. The van der Waals surface area contributed by atoms with E-state index in [-0.39, 0.29) is 11.7 Å². The van der Waals surface area contributed by atoms with Gasteiger partial charge < -0.3 is 14.6 Å². The maximum absolute atomic E-state index is 11.3. The first-order chi connectivity index (χ1) is 10.5. The molecule has 0 bridgehead atoms. The molecule has 1 aromatic heterocycles. The van der Waals surface area contributed by atoms with E-state index in [0.717, 1.165) is 12.4 Å². The van der Waals surface area contributed by atoms with Gasteiger partial charge in [0.15, 0.2) is 0 Å². The second-order valence-electron chi connectivity index (χ2n) is 4.09. The van der Waals surface area contributed by atoms with Crippen molar-refractivity contribution in [3.8, 4) is 11.8 Å². The molecular weight excluding hydrogens is 294 g/mol. The number of carboxylic acid groups (broad SMARTS) is 1. The number of carboxylic acids is 1. The number of benzene rings is 1. The van der Waals surface area contributed by atoms with Gasteiger partial charge in [-0.05, 0) is 12.1 Å². The lowest BCUT2D eigenvalue weighted by Gasteiger charge is -2.14. The molecule has 0 amide bonds. The Morgan fingerprint density at radius 1 is 1.36 bits per heavy atom. The minimum Gasteiger partial charge on any atom is -0.497 e. The van der Waals surface area contributed by atoms with Crippen LogP contribution in [0.4, 0.5) is 5.69 Å². The van der Waals surface area contributed by atoms with Gasteiger partial charge in [0.05, 0.1) is 12.0 Å². The summed E-state index contributed by atoms with van der Waals surface area (Å²) in [6.45, 7) is 0. The van der Waals surface area contributed by atoms with Gasteiger partial charge in [0, 0.05) is 5.56 Å². The van der Waals surface area contributed by atoms with Crippen LogP contribution in [0.5, 0.6) is 11.8 Å². The molecule has 9 heteroatoms. The molecule has 0 radical (unpaired) electrons. The van der Waals surface area contributed by atoms with Crippen LogP contribution in [0.3, 0.4) is 0 Å². The zero-order valence-electron chi connectivity index (χ0n) is 11.4. The quantitative estimate of drug-likeness (QED) is 0.630. The van der Waals surface area contributed by atoms with Crippen LogP contribution in [0.2, 0.25) is 0 Å². The predicted octanol–water partition coefficient (Wildman–Crippen LogP) is 1.60. The number of aromatic nitrogens is 2. The Kier molecular flexibility index (Phi) is 4.47. The lowest BCUT2D eigenvalue weighted by Crippen LogP contribution is -2.19. The number of nitro groups is 1. The smallest absolute Gasteiger partial charge is 0.349 e. The first-order valence-corrected chi connectivity index (χ1v) is 6.01. The highest BCUT2D eigenvalue weighted by molar-refractivity contribution is 5.75. The molecular formula is C13H11N3O6. The van der Waals surface area contributed by atoms with Gasteiger partial charge >= 0.3 is 17.7 Å². The average molecular weight is 305 g/mol. The highest BCUT2D eigenvalue weighted by atomic mass is 16.6. The third-order valence-corrected chi connectivity index (χ3v) is 2.67. The molecule has 1 heterocycles. The number of hydrogen-bond acceptors (Lipinski definition) is 7. The molecule has 22 heavy (non-hydrogen) atoms. The fourth-order valence-corrected chi connectivity index (χ4v) is 1.64. The molecule has 0 aliphatic carbocycles. The van der Waals surface area contributed by atoms with Crippen LogP contribution < -0.4 is 9.47 Å². The standard InChI is InChI=1S/C13H11N3O6/c1-21-10-4-2-3-8(5-10)11(12(17)18)22-13-14-6-9(7-15-13)16(19)20/h2-7,11H,1H3,(H,17,18). The molecule has 0 fully saturated rings. The van der Waals surface area contributed by atoms with Gasteiger partial charge in [-0.15, -0.1) is 0 Å². The van der Waals surface area contributed by atoms with Crippen molar-refractivity contribution in [1.82, 2.24) is 9.97 Å². The van der Waals surface area contributed by atoms with Crippen molar-refractivity contribution in [2.45, 2.75) is 6.10 Å². The summed E-state index contributed by atoms with van der Waals surface area (Å²) in [6.07, 6.45) is 0.510. The number of rotatable bonds is 6. The Bertz CT molecular complexity index is 688. The van der Waals surface area contributed by atoms with Crippen LogP contribution in [-0.2, 0) is 4.79 Å². The number of nitrogens with zero attached hydrogens (tertiary/aromatic N) is 3. The molecule has 0 saturated carbocycles. The van der Waals surface area contributed by atoms with E-state index in [1.54, 1.807) is 18.2 Å². The molecule has 2 rings (SSSR count). The van der Waals surface area contributed by atoms with Gasteiger partial charge in [0.2, 0.25) is 6.10 Å². The van der Waals surface area contributed by atoms with Crippen molar-refractivity contribution in [3.63, 3.8) is 0 Å². The summed E-state index contributed by atoms with van der Waals surface area (Å²) in [7, 11) is 1.45. The van der Waals surface area contributed by atoms with E-state index in [0.29, 0.717) is 11.3 Å². The van der Waals surface area contributed by atoms with Crippen LogP contribution in [0, 0.1) is 10.1 Å². The first kappa shape index (κ1) is 15.2. The average Bonchev–Trinajstić information content (AvgIpc) is 2.52. The third-order valence-electron chi connectivity index (χ3n) is 2.67. The van der Waals surface area contributed by atoms with Gasteiger partial charge in [0.1, 0.15) is 18.1 Å². The summed E-state index contributed by atoms with van der Waals surface area (Å²) >= 11 is 0. The minimum atomic E-state index is -1.36. The third kappa shape index (κ3) is 3.45. The number of hydrogen-bond donors (Lipinski definition) is 1. The van der Waals surface area contributed by atoms with Crippen LogP contribution in [0.1, 0.15) is 11.7 Å². The second-order valence-corrected chi connectivity index (χ2v) is 4.09. The van der Waals surface area contributed by atoms with E-state index >= 15 is 0 Å².